The standard InChI is InChI=1S/C17H15BrFNO2/c18-13-8-6-12(7-9-13)16-15(11-4-2-1-3-5-11)17(16,19)10-14(21)20-22/h1-9,15-16,22H,10H2,(H,20,21). The first-order valence-electron chi connectivity index (χ1n) is 6.98. The molecule has 1 aliphatic carbocycles. The molecule has 0 aromatic heterocycles. The highest BCUT2D eigenvalue weighted by Gasteiger charge is 2.67. The predicted molar refractivity (Wildman–Crippen MR) is 84.5 cm³/mol. The lowest BCUT2D eigenvalue weighted by Crippen LogP contribution is -2.24. The summed E-state index contributed by atoms with van der Waals surface area (Å²) in [5.74, 6) is -1.48. The van der Waals surface area contributed by atoms with Crippen LogP contribution in [0, 0.1) is 0 Å². The number of hydrogen-bond donors (Lipinski definition) is 2. The van der Waals surface area contributed by atoms with E-state index in [9.17, 15) is 4.79 Å². The van der Waals surface area contributed by atoms with Crippen LogP contribution in [-0.4, -0.2) is 16.8 Å². The molecule has 0 aliphatic heterocycles. The maximum absolute atomic E-state index is 15.4. The Hall–Kier alpha value is -1.72. The number of carbonyl (C=O) groups is 1. The Morgan fingerprint density at radius 1 is 1.09 bits per heavy atom. The van der Waals surface area contributed by atoms with Gasteiger partial charge in [0, 0.05) is 16.3 Å². The number of nitrogens with one attached hydrogen (secondary N) is 1. The number of benzene rings is 2. The Morgan fingerprint density at radius 2 is 1.64 bits per heavy atom. The summed E-state index contributed by atoms with van der Waals surface area (Å²) in [4.78, 5) is 11.5. The molecule has 0 bridgehead atoms. The number of carbonyl (C=O) groups excluding carboxylic acids is 1. The summed E-state index contributed by atoms with van der Waals surface area (Å²) in [6, 6.07) is 16.8. The lowest BCUT2D eigenvalue weighted by Gasteiger charge is -2.07. The van der Waals surface area contributed by atoms with E-state index in [1.807, 2.05) is 54.6 Å². The van der Waals surface area contributed by atoms with Crippen LogP contribution in [0.15, 0.2) is 59.1 Å². The third-order valence-electron chi connectivity index (χ3n) is 4.20. The van der Waals surface area contributed by atoms with Crippen molar-refractivity contribution in [2.75, 3.05) is 0 Å². The Kier molecular flexibility index (Phi) is 4.02. The molecule has 5 heteroatoms. The number of alkyl halides is 1. The zero-order chi connectivity index (χ0) is 15.7. The van der Waals surface area contributed by atoms with Gasteiger partial charge in [0.2, 0.25) is 5.91 Å². The van der Waals surface area contributed by atoms with Crippen LogP contribution in [0.4, 0.5) is 4.39 Å². The van der Waals surface area contributed by atoms with E-state index in [4.69, 9.17) is 5.21 Å². The molecule has 1 fully saturated rings. The smallest absolute Gasteiger partial charge is 0.246 e. The van der Waals surface area contributed by atoms with Gasteiger partial charge in [-0.15, -0.1) is 0 Å². The van der Waals surface area contributed by atoms with Gasteiger partial charge in [0.15, 0.2) is 0 Å². The molecule has 1 aliphatic rings. The summed E-state index contributed by atoms with van der Waals surface area (Å²) in [5, 5.41) is 8.70. The van der Waals surface area contributed by atoms with Crippen LogP contribution in [0.25, 0.3) is 0 Å². The van der Waals surface area contributed by atoms with Crippen LogP contribution in [0.2, 0.25) is 0 Å². The Bertz CT molecular complexity index is 677. The molecular weight excluding hydrogens is 349 g/mol. The highest BCUT2D eigenvalue weighted by atomic mass is 79.9. The van der Waals surface area contributed by atoms with Gasteiger partial charge in [-0.3, -0.25) is 10.0 Å². The number of hydroxylamine groups is 1. The van der Waals surface area contributed by atoms with Crippen molar-refractivity contribution in [3.8, 4) is 0 Å². The van der Waals surface area contributed by atoms with Crippen LogP contribution >= 0.6 is 15.9 Å². The molecule has 1 saturated carbocycles. The summed E-state index contributed by atoms with van der Waals surface area (Å²) in [7, 11) is 0. The van der Waals surface area contributed by atoms with Crippen molar-refractivity contribution in [2.24, 2.45) is 0 Å². The lowest BCUT2D eigenvalue weighted by atomic mass is 10.0. The van der Waals surface area contributed by atoms with E-state index >= 15 is 4.39 Å². The van der Waals surface area contributed by atoms with Crippen LogP contribution in [-0.2, 0) is 4.79 Å². The van der Waals surface area contributed by atoms with Gasteiger partial charge >= 0.3 is 0 Å². The maximum Gasteiger partial charge on any atom is 0.246 e. The number of hydrogen-bond acceptors (Lipinski definition) is 2. The van der Waals surface area contributed by atoms with Gasteiger partial charge in [0.25, 0.3) is 0 Å². The van der Waals surface area contributed by atoms with Gasteiger partial charge in [0.1, 0.15) is 5.67 Å². The molecule has 2 aromatic carbocycles. The average molecular weight is 364 g/mol. The third kappa shape index (κ3) is 2.66. The van der Waals surface area contributed by atoms with E-state index in [0.29, 0.717) is 0 Å². The molecule has 1 amide bonds. The molecule has 3 unspecified atom stereocenters. The van der Waals surface area contributed by atoms with Gasteiger partial charge in [-0.05, 0) is 23.3 Å². The van der Waals surface area contributed by atoms with Gasteiger partial charge in [-0.2, -0.15) is 0 Å². The van der Waals surface area contributed by atoms with E-state index in [0.717, 1.165) is 15.6 Å². The molecule has 2 aromatic rings. The van der Waals surface area contributed by atoms with E-state index in [-0.39, 0.29) is 18.3 Å². The third-order valence-corrected chi connectivity index (χ3v) is 4.73. The normalized spacial score (nSPS) is 26.5. The summed E-state index contributed by atoms with van der Waals surface area (Å²) < 4.78 is 16.3. The topological polar surface area (TPSA) is 49.3 Å². The van der Waals surface area contributed by atoms with Crippen molar-refractivity contribution in [3.63, 3.8) is 0 Å². The van der Waals surface area contributed by atoms with Crippen molar-refractivity contribution in [1.82, 2.24) is 5.48 Å². The van der Waals surface area contributed by atoms with E-state index in [1.54, 1.807) is 0 Å². The fourth-order valence-corrected chi connectivity index (χ4v) is 3.45. The summed E-state index contributed by atoms with van der Waals surface area (Å²) in [6.45, 7) is 0. The molecule has 22 heavy (non-hydrogen) atoms. The fraction of sp³-hybridized carbons (Fsp3) is 0.235. The van der Waals surface area contributed by atoms with Crippen LogP contribution in [0.5, 0.6) is 0 Å². The molecule has 114 valence electrons. The summed E-state index contributed by atoms with van der Waals surface area (Å²) in [6.07, 6.45) is -0.357. The lowest BCUT2D eigenvalue weighted by molar-refractivity contribution is -0.130. The first-order chi connectivity index (χ1) is 10.6. The monoisotopic (exact) mass is 363 g/mol. The SMILES string of the molecule is O=C(CC1(F)C(c2ccccc2)C1c1ccc(Br)cc1)NO. The predicted octanol–water partition coefficient (Wildman–Crippen LogP) is 3.93. The van der Waals surface area contributed by atoms with Crippen molar-refractivity contribution in [1.29, 1.82) is 0 Å². The summed E-state index contributed by atoms with van der Waals surface area (Å²) in [5.41, 5.74) is 1.57. The van der Waals surface area contributed by atoms with E-state index < -0.39 is 11.6 Å². The molecule has 0 spiro atoms. The van der Waals surface area contributed by atoms with Crippen molar-refractivity contribution in [2.45, 2.75) is 23.9 Å². The highest BCUT2D eigenvalue weighted by Crippen LogP contribution is 2.67. The van der Waals surface area contributed by atoms with Gasteiger partial charge in [-0.1, -0.05) is 58.4 Å². The molecule has 2 N–H and O–H groups in total. The van der Waals surface area contributed by atoms with Gasteiger partial charge in [-0.25, -0.2) is 9.87 Å². The zero-order valence-corrected chi connectivity index (χ0v) is 13.3. The molecule has 0 saturated heterocycles. The van der Waals surface area contributed by atoms with Crippen molar-refractivity contribution >= 4 is 21.8 Å². The first kappa shape index (κ1) is 15.2. The van der Waals surface area contributed by atoms with Crippen molar-refractivity contribution in [3.05, 3.63) is 70.2 Å². The molecule has 0 heterocycles. The number of halogens is 2. The minimum atomic E-state index is -1.68. The quantitative estimate of drug-likeness (QED) is 0.638. The molecule has 3 rings (SSSR count). The maximum atomic E-state index is 15.4. The molecule has 3 atom stereocenters. The number of rotatable bonds is 4. The molecule has 0 radical (unpaired) electrons. The minimum Gasteiger partial charge on any atom is -0.289 e. The Morgan fingerprint density at radius 3 is 2.18 bits per heavy atom. The van der Waals surface area contributed by atoms with E-state index in [1.165, 1.54) is 5.48 Å². The average Bonchev–Trinajstić information content (AvgIpc) is 3.13. The van der Waals surface area contributed by atoms with Crippen LogP contribution < -0.4 is 5.48 Å². The zero-order valence-electron chi connectivity index (χ0n) is 11.7. The van der Waals surface area contributed by atoms with Crippen molar-refractivity contribution < 1.29 is 14.4 Å². The molecule has 3 nitrogen and oxygen atoms in total. The minimum absolute atomic E-state index is 0.357. The highest BCUT2D eigenvalue weighted by molar-refractivity contribution is 9.10. The first-order valence-corrected chi connectivity index (χ1v) is 7.78. The van der Waals surface area contributed by atoms with E-state index in [2.05, 4.69) is 15.9 Å². The molecular formula is C17H15BrFNO2. The largest absolute Gasteiger partial charge is 0.289 e. The fourth-order valence-electron chi connectivity index (χ4n) is 3.18. The van der Waals surface area contributed by atoms with Crippen LogP contribution in [0.1, 0.15) is 29.4 Å². The second kappa shape index (κ2) is 5.82. The second-order valence-electron chi connectivity index (χ2n) is 5.56. The second-order valence-corrected chi connectivity index (χ2v) is 6.47. The van der Waals surface area contributed by atoms with Crippen LogP contribution in [0.3, 0.4) is 0 Å². The van der Waals surface area contributed by atoms with Gasteiger partial charge in [0.05, 0.1) is 6.42 Å². The number of amides is 1. The Labute approximate surface area is 136 Å². The summed E-state index contributed by atoms with van der Waals surface area (Å²) >= 11 is 3.36. The Balaban J connectivity index is 1.95. The van der Waals surface area contributed by atoms with Gasteiger partial charge < -0.3 is 0 Å².